The fourth-order valence-electron chi connectivity index (χ4n) is 7.57. The quantitative estimate of drug-likeness (QED) is 0.0586. The van der Waals surface area contributed by atoms with Gasteiger partial charge in [-0.3, -0.25) is 23.7 Å². The first-order valence-electron chi connectivity index (χ1n) is 19.1. The van der Waals surface area contributed by atoms with E-state index in [2.05, 4.69) is 10.6 Å². The van der Waals surface area contributed by atoms with Crippen LogP contribution in [0.5, 0.6) is 0 Å². The number of amides is 2. The first-order chi connectivity index (χ1) is 26.8. The van der Waals surface area contributed by atoms with Crippen molar-refractivity contribution >= 4 is 47.2 Å². The van der Waals surface area contributed by atoms with Gasteiger partial charge in [0.05, 0.1) is 12.5 Å². The number of Topliss-reactive ketones (excluding diaryl/α,β-unsaturated/α-hetero) is 1. The molecule has 0 aliphatic carbocycles. The Morgan fingerprint density at radius 2 is 1.00 bits per heavy atom. The van der Waals surface area contributed by atoms with Crippen LogP contribution < -0.4 is 15.9 Å². The molecule has 0 saturated heterocycles. The van der Waals surface area contributed by atoms with Crippen molar-refractivity contribution in [3.63, 3.8) is 0 Å². The molecule has 1 atom stereocenters. The molecule has 0 fully saturated rings. The van der Waals surface area contributed by atoms with Crippen LogP contribution in [0, 0.1) is 41.5 Å². The zero-order chi connectivity index (χ0) is 40.6. The molecule has 56 heavy (non-hydrogen) atoms. The number of hydrogen-bond acceptors (Lipinski definition) is 6. The van der Waals surface area contributed by atoms with E-state index < -0.39 is 18.8 Å². The Morgan fingerprint density at radius 3 is 1.45 bits per heavy atom. The lowest BCUT2D eigenvalue weighted by atomic mass is 9.81. The second-order valence-electron chi connectivity index (χ2n) is 14.3. The van der Waals surface area contributed by atoms with Gasteiger partial charge in [-0.25, -0.2) is 0 Å². The summed E-state index contributed by atoms with van der Waals surface area (Å²) in [5.41, 5.74) is 7.55. The van der Waals surface area contributed by atoms with Gasteiger partial charge in [-0.05, 0) is 118 Å². The smallest absolute Gasteiger partial charge is 0.300 e. The van der Waals surface area contributed by atoms with E-state index in [0.717, 1.165) is 33.4 Å². The van der Waals surface area contributed by atoms with Crippen molar-refractivity contribution < 1.29 is 28.3 Å². The summed E-state index contributed by atoms with van der Waals surface area (Å²) in [7, 11) is -3.92. The molecule has 5 rings (SSSR count). The fraction of sp³-hybridized carbons (Fsp3) is 0.277. The molecule has 0 aromatic heterocycles. The van der Waals surface area contributed by atoms with Gasteiger partial charge < -0.3 is 15.2 Å². The standard InChI is InChI=1S/C47H51N2O6P/c1-8-55-56(54,38-24-16-11-17-25-38)47(53)42-31(3)29-33(5)45(35(42)7)49-40(51)27-19-18-26-39(50)48-44-32(4)28-30(2)41(34(44)6)46(52)43(36-20-12-9-13-21-36)37-22-14-10-15-23-37/h9-17,20-25,28-29,43H,8,18-19,26-27H2,1-7H3,(H,48,50)(H,49,51). The van der Waals surface area contributed by atoms with Gasteiger partial charge in [-0.15, -0.1) is 0 Å². The number of carbonyl (C=O) groups excluding carboxylic acids is 4. The topological polar surface area (TPSA) is 119 Å². The van der Waals surface area contributed by atoms with Crippen LogP contribution in [0.3, 0.4) is 0 Å². The maximum Gasteiger partial charge on any atom is 0.300 e. The van der Waals surface area contributed by atoms with Crippen LogP contribution in [-0.2, 0) is 18.7 Å². The van der Waals surface area contributed by atoms with Gasteiger partial charge in [0.15, 0.2) is 5.78 Å². The highest BCUT2D eigenvalue weighted by molar-refractivity contribution is 7.83. The highest BCUT2D eigenvalue weighted by atomic mass is 31.2. The van der Waals surface area contributed by atoms with Crippen molar-refractivity contribution in [2.45, 2.75) is 80.1 Å². The van der Waals surface area contributed by atoms with Crippen molar-refractivity contribution in [2.24, 2.45) is 0 Å². The molecule has 2 amide bonds. The van der Waals surface area contributed by atoms with Gasteiger partial charge >= 0.3 is 7.37 Å². The molecule has 0 aliphatic heterocycles. The molecule has 2 N–H and O–H groups in total. The monoisotopic (exact) mass is 770 g/mol. The van der Waals surface area contributed by atoms with E-state index >= 15 is 0 Å². The Kier molecular flexibility index (Phi) is 13.8. The number of nitrogens with one attached hydrogen (secondary N) is 2. The predicted octanol–water partition coefficient (Wildman–Crippen LogP) is 10.5. The second kappa shape index (κ2) is 18.5. The van der Waals surface area contributed by atoms with Crippen LogP contribution in [0.25, 0.3) is 0 Å². The molecular formula is C47H51N2O6P. The first kappa shape index (κ1) is 41.7. The third kappa shape index (κ3) is 9.15. The Labute approximate surface area is 330 Å². The van der Waals surface area contributed by atoms with E-state index in [1.165, 1.54) is 0 Å². The third-order valence-corrected chi connectivity index (χ3v) is 12.6. The second-order valence-corrected chi connectivity index (χ2v) is 16.6. The summed E-state index contributed by atoms with van der Waals surface area (Å²) in [6, 6.07) is 31.7. The van der Waals surface area contributed by atoms with E-state index in [-0.39, 0.29) is 42.6 Å². The van der Waals surface area contributed by atoms with Crippen LogP contribution in [0.15, 0.2) is 103 Å². The molecule has 5 aromatic carbocycles. The van der Waals surface area contributed by atoms with Crippen LogP contribution in [0.1, 0.15) is 104 Å². The van der Waals surface area contributed by atoms with Crippen molar-refractivity contribution in [3.05, 3.63) is 159 Å². The van der Waals surface area contributed by atoms with E-state index in [1.807, 2.05) is 94.4 Å². The highest BCUT2D eigenvalue weighted by Gasteiger charge is 2.38. The van der Waals surface area contributed by atoms with Crippen molar-refractivity contribution in [3.8, 4) is 0 Å². The number of ketones is 1. The molecule has 0 bridgehead atoms. The lowest BCUT2D eigenvalue weighted by molar-refractivity contribution is -0.118. The number of anilines is 2. The Balaban J connectivity index is 1.25. The zero-order valence-electron chi connectivity index (χ0n) is 33.3. The number of hydrogen-bond donors (Lipinski definition) is 2. The summed E-state index contributed by atoms with van der Waals surface area (Å²) in [5, 5.41) is 6.35. The summed E-state index contributed by atoms with van der Waals surface area (Å²) in [6.07, 6.45) is 1.26. The van der Waals surface area contributed by atoms with E-state index in [0.29, 0.717) is 46.2 Å². The Morgan fingerprint density at radius 1 is 0.589 bits per heavy atom. The molecule has 9 heteroatoms. The summed E-state index contributed by atoms with van der Waals surface area (Å²) in [4.78, 5) is 54.9. The minimum atomic E-state index is -3.92. The van der Waals surface area contributed by atoms with Crippen molar-refractivity contribution in [2.75, 3.05) is 17.2 Å². The average Bonchev–Trinajstić information content (AvgIpc) is 3.18. The molecule has 0 heterocycles. The largest absolute Gasteiger partial charge is 0.326 e. The van der Waals surface area contributed by atoms with E-state index in [9.17, 15) is 23.7 Å². The molecule has 1 unspecified atom stereocenters. The number of carbonyl (C=O) groups is 4. The minimum absolute atomic E-state index is 0.0334. The maximum atomic E-state index is 14.4. The van der Waals surface area contributed by atoms with Crippen LogP contribution in [-0.4, -0.2) is 29.7 Å². The lowest BCUT2D eigenvalue weighted by Crippen LogP contribution is -2.20. The summed E-state index contributed by atoms with van der Waals surface area (Å²) in [5.74, 6) is -0.992. The van der Waals surface area contributed by atoms with Gasteiger partial charge in [0, 0.05) is 40.6 Å². The molecule has 0 spiro atoms. The maximum absolute atomic E-state index is 14.4. The minimum Gasteiger partial charge on any atom is -0.326 e. The molecule has 0 saturated carbocycles. The number of rotatable bonds is 16. The Bertz CT molecular complexity index is 2250. The van der Waals surface area contributed by atoms with Crippen LogP contribution in [0.4, 0.5) is 11.4 Å². The normalized spacial score (nSPS) is 12.2. The first-order valence-corrected chi connectivity index (χ1v) is 20.7. The van der Waals surface area contributed by atoms with Gasteiger partial charge in [-0.1, -0.05) is 91.0 Å². The summed E-state index contributed by atoms with van der Waals surface area (Å²) >= 11 is 0. The van der Waals surface area contributed by atoms with E-state index in [1.54, 1.807) is 57.2 Å². The molecule has 5 aromatic rings. The molecular weight excluding hydrogens is 719 g/mol. The molecule has 0 aliphatic rings. The van der Waals surface area contributed by atoms with E-state index in [4.69, 9.17) is 4.52 Å². The van der Waals surface area contributed by atoms with Gasteiger partial charge in [0.25, 0.3) is 5.52 Å². The predicted molar refractivity (Wildman–Crippen MR) is 226 cm³/mol. The third-order valence-electron chi connectivity index (χ3n) is 10.2. The number of aryl methyl sites for hydroxylation is 4. The SMILES string of the molecule is CCOP(=O)(C(=O)c1c(C)cc(C)c(NC(=O)CCCCC(=O)Nc2c(C)cc(C)c(C(=O)C(c3ccccc3)c3ccccc3)c2C)c1C)c1ccccc1. The molecule has 0 radical (unpaired) electrons. The summed E-state index contributed by atoms with van der Waals surface area (Å²) in [6.45, 7) is 12.9. The van der Waals surface area contributed by atoms with Crippen molar-refractivity contribution in [1.82, 2.24) is 0 Å². The van der Waals surface area contributed by atoms with Crippen molar-refractivity contribution in [1.29, 1.82) is 0 Å². The van der Waals surface area contributed by atoms with Crippen LogP contribution >= 0.6 is 7.37 Å². The lowest BCUT2D eigenvalue weighted by Gasteiger charge is -2.22. The van der Waals surface area contributed by atoms with Crippen LogP contribution in [0.2, 0.25) is 0 Å². The highest BCUT2D eigenvalue weighted by Crippen LogP contribution is 2.50. The number of unbranched alkanes of at least 4 members (excludes halogenated alkanes) is 1. The number of benzene rings is 5. The molecule has 8 nitrogen and oxygen atoms in total. The zero-order valence-corrected chi connectivity index (χ0v) is 34.2. The van der Waals surface area contributed by atoms with Gasteiger partial charge in [0.1, 0.15) is 0 Å². The van der Waals surface area contributed by atoms with Gasteiger partial charge in [0.2, 0.25) is 11.8 Å². The van der Waals surface area contributed by atoms with Gasteiger partial charge in [-0.2, -0.15) is 0 Å². The Hall–Kier alpha value is -5.43. The fourth-order valence-corrected chi connectivity index (χ4v) is 9.64. The summed E-state index contributed by atoms with van der Waals surface area (Å²) < 4.78 is 19.8. The average molecular weight is 771 g/mol. The molecule has 290 valence electrons.